The normalized spacial score (nSPS) is 9.40. The fourth-order valence-corrected chi connectivity index (χ4v) is 1.36. The molecule has 0 unspecified atom stereocenters. The zero-order valence-corrected chi connectivity index (χ0v) is 9.49. The Morgan fingerprint density at radius 1 is 1.20 bits per heavy atom. The number of benzene rings is 1. The van der Waals surface area contributed by atoms with Crippen molar-refractivity contribution in [3.05, 3.63) is 42.1 Å². The Kier molecular flexibility index (Phi) is 3.21. The van der Waals surface area contributed by atoms with E-state index in [4.69, 9.17) is 4.52 Å². The molecular weight excluding hydrogens is 254 g/mol. The number of alkyl halides is 1. The molecule has 2 nitrogen and oxygen atoms in total. The van der Waals surface area contributed by atoms with Crippen molar-refractivity contribution in [1.82, 2.24) is 5.16 Å². The highest BCUT2D eigenvalue weighted by atomic mass is 79.9. The molecule has 0 saturated heterocycles. The lowest BCUT2D eigenvalue weighted by molar-refractivity contribution is 0.432. The Morgan fingerprint density at radius 2 is 2.00 bits per heavy atom. The van der Waals surface area contributed by atoms with E-state index in [1.165, 1.54) is 0 Å². The van der Waals surface area contributed by atoms with E-state index in [2.05, 4.69) is 32.9 Å². The van der Waals surface area contributed by atoms with Gasteiger partial charge in [0, 0.05) is 17.2 Å². The van der Waals surface area contributed by atoms with Crippen LogP contribution in [0, 0.1) is 11.8 Å². The minimum atomic E-state index is 0.691. The largest absolute Gasteiger partial charge is 0.356 e. The second-order valence-corrected chi connectivity index (χ2v) is 3.45. The monoisotopic (exact) mass is 261 g/mol. The molecule has 0 N–H and O–H groups in total. The molecule has 0 aliphatic heterocycles. The summed E-state index contributed by atoms with van der Waals surface area (Å²) >= 11 is 3.26. The summed E-state index contributed by atoms with van der Waals surface area (Å²) in [7, 11) is 0. The molecule has 2 aromatic rings. The fourth-order valence-electron chi connectivity index (χ4n) is 1.22. The summed E-state index contributed by atoms with van der Waals surface area (Å²) in [5.74, 6) is 6.75. The molecule has 0 radical (unpaired) electrons. The highest BCUT2D eigenvalue weighted by Gasteiger charge is 1.99. The molecule has 0 spiro atoms. The minimum absolute atomic E-state index is 0.691. The first-order valence-electron chi connectivity index (χ1n) is 4.46. The van der Waals surface area contributed by atoms with Gasteiger partial charge in [-0.3, -0.25) is 0 Å². The molecule has 0 aliphatic rings. The first-order chi connectivity index (χ1) is 7.40. The van der Waals surface area contributed by atoms with E-state index in [1.807, 2.05) is 30.3 Å². The highest BCUT2D eigenvalue weighted by molar-refractivity contribution is 9.09. The molecule has 0 saturated carbocycles. The summed E-state index contributed by atoms with van der Waals surface area (Å²) in [6.07, 6.45) is 1.63. The van der Waals surface area contributed by atoms with Crippen molar-refractivity contribution in [2.24, 2.45) is 0 Å². The van der Waals surface area contributed by atoms with Crippen LogP contribution in [0.1, 0.15) is 5.56 Å². The number of halogens is 1. The quantitative estimate of drug-likeness (QED) is 0.583. The van der Waals surface area contributed by atoms with Gasteiger partial charge in [0.05, 0.1) is 11.5 Å². The van der Waals surface area contributed by atoms with Gasteiger partial charge in [-0.1, -0.05) is 32.9 Å². The maximum atomic E-state index is 5.05. The molecule has 0 atom stereocenters. The fraction of sp³-hybridized carbons (Fsp3) is 0.0833. The molecule has 0 fully saturated rings. The third-order valence-electron chi connectivity index (χ3n) is 1.91. The average Bonchev–Trinajstić information content (AvgIpc) is 2.80. The molecule has 2 rings (SSSR count). The summed E-state index contributed by atoms with van der Waals surface area (Å²) in [6.45, 7) is 0. The van der Waals surface area contributed by atoms with Crippen molar-refractivity contribution in [2.45, 2.75) is 0 Å². The van der Waals surface area contributed by atoms with Crippen LogP contribution in [0.15, 0.2) is 41.1 Å². The smallest absolute Gasteiger partial charge is 0.166 e. The highest BCUT2D eigenvalue weighted by Crippen LogP contribution is 2.18. The van der Waals surface area contributed by atoms with Crippen LogP contribution in [0.4, 0.5) is 0 Å². The molecule has 74 valence electrons. The minimum Gasteiger partial charge on any atom is -0.356 e. The van der Waals surface area contributed by atoms with E-state index in [9.17, 15) is 0 Å². The zero-order valence-electron chi connectivity index (χ0n) is 7.90. The van der Waals surface area contributed by atoms with Crippen molar-refractivity contribution in [1.29, 1.82) is 0 Å². The molecule has 0 bridgehead atoms. The van der Waals surface area contributed by atoms with E-state index in [0.29, 0.717) is 5.33 Å². The lowest BCUT2D eigenvalue weighted by Gasteiger charge is -1.94. The molecule has 1 heterocycles. The molecular formula is C12H8BrNO. The van der Waals surface area contributed by atoms with Crippen LogP contribution in [-0.2, 0) is 0 Å². The third kappa shape index (κ3) is 2.48. The van der Waals surface area contributed by atoms with Crippen molar-refractivity contribution < 1.29 is 4.52 Å². The maximum absolute atomic E-state index is 5.05. The van der Waals surface area contributed by atoms with Crippen molar-refractivity contribution in [2.75, 3.05) is 5.33 Å². The van der Waals surface area contributed by atoms with E-state index < -0.39 is 0 Å². The number of hydrogen-bond acceptors (Lipinski definition) is 2. The Bertz CT molecular complexity index is 477. The predicted molar refractivity (Wildman–Crippen MR) is 62.6 cm³/mol. The van der Waals surface area contributed by atoms with Gasteiger partial charge in [0.25, 0.3) is 0 Å². The standard InChI is InChI=1S/C12H8BrNO/c13-8-1-2-10-3-5-11(6-4-10)12-7-9-14-15-12/h3-7,9H,8H2. The summed E-state index contributed by atoms with van der Waals surface area (Å²) in [6, 6.07) is 9.71. The molecule has 1 aromatic heterocycles. The maximum Gasteiger partial charge on any atom is 0.166 e. The first-order valence-corrected chi connectivity index (χ1v) is 5.58. The summed E-state index contributed by atoms with van der Waals surface area (Å²) in [5, 5.41) is 4.35. The van der Waals surface area contributed by atoms with Crippen LogP contribution in [0.3, 0.4) is 0 Å². The summed E-state index contributed by atoms with van der Waals surface area (Å²) in [4.78, 5) is 0. The van der Waals surface area contributed by atoms with Crippen LogP contribution < -0.4 is 0 Å². The number of nitrogens with zero attached hydrogens (tertiary/aromatic N) is 1. The van der Waals surface area contributed by atoms with E-state index >= 15 is 0 Å². The molecule has 0 amide bonds. The molecule has 0 aliphatic carbocycles. The van der Waals surface area contributed by atoms with Crippen LogP contribution in [0.2, 0.25) is 0 Å². The van der Waals surface area contributed by atoms with Crippen LogP contribution in [0.25, 0.3) is 11.3 Å². The van der Waals surface area contributed by atoms with Gasteiger partial charge in [0.1, 0.15) is 0 Å². The number of rotatable bonds is 1. The van der Waals surface area contributed by atoms with Crippen molar-refractivity contribution in [3.63, 3.8) is 0 Å². The lowest BCUT2D eigenvalue weighted by Crippen LogP contribution is -1.76. The lowest BCUT2D eigenvalue weighted by atomic mass is 10.1. The van der Waals surface area contributed by atoms with Gasteiger partial charge >= 0.3 is 0 Å². The second-order valence-electron chi connectivity index (χ2n) is 2.89. The first kappa shape index (κ1) is 10.0. The van der Waals surface area contributed by atoms with Crippen molar-refractivity contribution in [3.8, 4) is 23.2 Å². The number of hydrogen-bond donors (Lipinski definition) is 0. The van der Waals surface area contributed by atoms with Gasteiger partial charge in [-0.15, -0.1) is 0 Å². The van der Waals surface area contributed by atoms with E-state index in [0.717, 1.165) is 16.9 Å². The summed E-state index contributed by atoms with van der Waals surface area (Å²) in [5.41, 5.74) is 2.01. The topological polar surface area (TPSA) is 26.0 Å². The van der Waals surface area contributed by atoms with Gasteiger partial charge in [0.15, 0.2) is 5.76 Å². The van der Waals surface area contributed by atoms with Gasteiger partial charge < -0.3 is 4.52 Å². The van der Waals surface area contributed by atoms with Crippen LogP contribution >= 0.6 is 15.9 Å². The molecule has 15 heavy (non-hydrogen) atoms. The van der Waals surface area contributed by atoms with E-state index in [-0.39, 0.29) is 0 Å². The third-order valence-corrected chi connectivity index (χ3v) is 2.19. The van der Waals surface area contributed by atoms with Crippen LogP contribution in [-0.4, -0.2) is 10.5 Å². The Morgan fingerprint density at radius 3 is 2.60 bits per heavy atom. The average molecular weight is 262 g/mol. The van der Waals surface area contributed by atoms with Gasteiger partial charge in [-0.25, -0.2) is 0 Å². The Labute approximate surface area is 96.4 Å². The molecule has 3 heteroatoms. The van der Waals surface area contributed by atoms with E-state index in [1.54, 1.807) is 6.20 Å². The molecule has 1 aromatic carbocycles. The summed E-state index contributed by atoms with van der Waals surface area (Å²) < 4.78 is 5.05. The van der Waals surface area contributed by atoms with Crippen molar-refractivity contribution >= 4 is 15.9 Å². The second kappa shape index (κ2) is 4.81. The zero-order chi connectivity index (χ0) is 10.5. The van der Waals surface area contributed by atoms with Crippen LogP contribution in [0.5, 0.6) is 0 Å². The number of aromatic nitrogens is 1. The Balaban J connectivity index is 2.25. The Hall–Kier alpha value is -1.53. The van der Waals surface area contributed by atoms with Gasteiger partial charge in [0.2, 0.25) is 0 Å². The SMILES string of the molecule is BrCC#Cc1ccc(-c2ccno2)cc1. The van der Waals surface area contributed by atoms with Gasteiger partial charge in [-0.05, 0) is 24.3 Å². The predicted octanol–water partition coefficient (Wildman–Crippen LogP) is 3.09. The van der Waals surface area contributed by atoms with Gasteiger partial charge in [-0.2, -0.15) is 0 Å².